The van der Waals surface area contributed by atoms with E-state index in [9.17, 15) is 4.79 Å². The Morgan fingerprint density at radius 3 is 2.39 bits per heavy atom. The molecule has 1 fully saturated rings. The summed E-state index contributed by atoms with van der Waals surface area (Å²) < 4.78 is 33.8. The smallest absolute Gasteiger partial charge is 0.340 e. The average molecular weight is 495 g/mol. The van der Waals surface area contributed by atoms with Gasteiger partial charge in [-0.2, -0.15) is 0 Å². The summed E-state index contributed by atoms with van der Waals surface area (Å²) in [7, 11) is 3.18. The molecule has 1 aromatic heterocycles. The maximum absolute atomic E-state index is 13.5. The van der Waals surface area contributed by atoms with E-state index in [2.05, 4.69) is 4.90 Å². The van der Waals surface area contributed by atoms with Crippen molar-refractivity contribution in [3.8, 4) is 34.1 Å². The van der Waals surface area contributed by atoms with Crippen LogP contribution in [0.25, 0.3) is 22.0 Å². The lowest BCUT2D eigenvalue weighted by atomic mass is 9.93. The van der Waals surface area contributed by atoms with Gasteiger partial charge in [0.05, 0.1) is 50.8 Å². The van der Waals surface area contributed by atoms with Crippen molar-refractivity contribution < 1.29 is 33.2 Å². The lowest BCUT2D eigenvalue weighted by molar-refractivity contribution is 0.0331. The molecule has 2 aromatic carbocycles. The van der Waals surface area contributed by atoms with E-state index in [-0.39, 0.29) is 6.61 Å². The zero-order chi connectivity index (χ0) is 25.1. The largest absolute Gasteiger partial charge is 0.493 e. The number of pyridine rings is 1. The van der Waals surface area contributed by atoms with Crippen molar-refractivity contribution in [2.75, 3.05) is 60.3 Å². The molecular formula is C27H30N2O7. The van der Waals surface area contributed by atoms with Crippen LogP contribution in [-0.2, 0) is 16.0 Å². The summed E-state index contributed by atoms with van der Waals surface area (Å²) in [4.78, 5) is 20.7. The van der Waals surface area contributed by atoms with Gasteiger partial charge in [0.1, 0.15) is 13.2 Å². The van der Waals surface area contributed by atoms with Crippen LogP contribution in [0.3, 0.4) is 0 Å². The number of methoxy groups -OCH3 is 2. The minimum atomic E-state index is -0.421. The van der Waals surface area contributed by atoms with E-state index in [1.165, 1.54) is 0 Å². The van der Waals surface area contributed by atoms with Crippen LogP contribution in [0.1, 0.15) is 23.0 Å². The second-order valence-electron chi connectivity index (χ2n) is 8.50. The average Bonchev–Trinajstić information content (AvgIpc) is 2.91. The van der Waals surface area contributed by atoms with Crippen LogP contribution >= 0.6 is 0 Å². The first-order chi connectivity index (χ1) is 17.6. The van der Waals surface area contributed by atoms with Crippen molar-refractivity contribution in [2.45, 2.75) is 13.5 Å². The van der Waals surface area contributed by atoms with E-state index in [0.29, 0.717) is 78.3 Å². The number of morpholine rings is 1. The monoisotopic (exact) mass is 494 g/mol. The third-order valence-corrected chi connectivity index (χ3v) is 6.35. The van der Waals surface area contributed by atoms with Gasteiger partial charge in [0, 0.05) is 36.7 Å². The molecule has 0 unspecified atom stereocenters. The maximum atomic E-state index is 13.5. The van der Waals surface area contributed by atoms with Gasteiger partial charge in [0.25, 0.3) is 0 Å². The minimum Gasteiger partial charge on any atom is -0.493 e. The normalized spacial score (nSPS) is 15.5. The third-order valence-electron chi connectivity index (χ3n) is 6.35. The second kappa shape index (κ2) is 10.6. The Kier molecular flexibility index (Phi) is 7.11. The Hall–Kier alpha value is -3.56. The Bertz CT molecular complexity index is 1270. The Labute approximate surface area is 209 Å². The van der Waals surface area contributed by atoms with Crippen LogP contribution < -0.4 is 18.9 Å². The molecule has 9 heteroatoms. The highest BCUT2D eigenvalue weighted by Crippen LogP contribution is 2.42. The number of carbonyl (C=O) groups is 1. The van der Waals surface area contributed by atoms with Crippen molar-refractivity contribution in [2.24, 2.45) is 0 Å². The number of hydrogen-bond donors (Lipinski definition) is 0. The molecule has 0 spiro atoms. The van der Waals surface area contributed by atoms with Crippen molar-refractivity contribution >= 4 is 16.9 Å². The SMILES string of the molecule is CCOC(=O)c1c(CN2CCOCC2)nc2cc3c(cc2c1-c1ccc(OC)c(OC)c1)OCCO3. The number of esters is 1. The topological polar surface area (TPSA) is 88.6 Å². The van der Waals surface area contributed by atoms with Crippen LogP contribution in [-0.4, -0.2) is 76.2 Å². The van der Waals surface area contributed by atoms with Crippen LogP contribution in [0.15, 0.2) is 30.3 Å². The van der Waals surface area contributed by atoms with E-state index in [1.807, 2.05) is 30.3 Å². The molecule has 3 heterocycles. The van der Waals surface area contributed by atoms with E-state index in [4.69, 9.17) is 33.4 Å². The first-order valence-electron chi connectivity index (χ1n) is 12.1. The molecule has 0 bridgehead atoms. The number of benzene rings is 2. The van der Waals surface area contributed by atoms with Crippen molar-refractivity contribution in [3.05, 3.63) is 41.6 Å². The van der Waals surface area contributed by atoms with Crippen LogP contribution in [0, 0.1) is 0 Å². The van der Waals surface area contributed by atoms with Gasteiger partial charge in [0.2, 0.25) is 0 Å². The van der Waals surface area contributed by atoms with Gasteiger partial charge in [-0.05, 0) is 30.7 Å². The fourth-order valence-corrected chi connectivity index (χ4v) is 4.65. The number of rotatable bonds is 7. The highest BCUT2D eigenvalue weighted by molar-refractivity contribution is 6.08. The van der Waals surface area contributed by atoms with Gasteiger partial charge in [0.15, 0.2) is 23.0 Å². The van der Waals surface area contributed by atoms with Crippen LogP contribution in [0.2, 0.25) is 0 Å². The predicted octanol–water partition coefficient (Wildman–Crippen LogP) is 3.70. The van der Waals surface area contributed by atoms with Gasteiger partial charge < -0.3 is 28.4 Å². The Morgan fingerprint density at radius 2 is 1.69 bits per heavy atom. The zero-order valence-corrected chi connectivity index (χ0v) is 20.8. The first kappa shape index (κ1) is 24.1. The quantitative estimate of drug-likeness (QED) is 0.456. The lowest BCUT2D eigenvalue weighted by Gasteiger charge is -2.28. The summed E-state index contributed by atoms with van der Waals surface area (Å²) in [5.41, 5.74) is 3.27. The fourth-order valence-electron chi connectivity index (χ4n) is 4.65. The number of aromatic nitrogens is 1. The second-order valence-corrected chi connectivity index (χ2v) is 8.50. The number of hydrogen-bond acceptors (Lipinski definition) is 9. The Morgan fingerprint density at radius 1 is 0.972 bits per heavy atom. The molecule has 36 heavy (non-hydrogen) atoms. The van der Waals surface area contributed by atoms with E-state index >= 15 is 0 Å². The molecule has 0 aliphatic carbocycles. The third kappa shape index (κ3) is 4.64. The summed E-state index contributed by atoms with van der Waals surface area (Å²) >= 11 is 0. The van der Waals surface area contributed by atoms with E-state index in [1.54, 1.807) is 21.1 Å². The number of carbonyl (C=O) groups excluding carboxylic acids is 1. The summed E-state index contributed by atoms with van der Waals surface area (Å²) in [6, 6.07) is 9.38. The summed E-state index contributed by atoms with van der Waals surface area (Å²) in [5, 5.41) is 0.764. The molecule has 9 nitrogen and oxygen atoms in total. The van der Waals surface area contributed by atoms with E-state index in [0.717, 1.165) is 24.0 Å². The lowest BCUT2D eigenvalue weighted by Crippen LogP contribution is -2.36. The number of fused-ring (bicyclic) bond motifs is 2. The predicted molar refractivity (Wildman–Crippen MR) is 133 cm³/mol. The van der Waals surface area contributed by atoms with Crippen LogP contribution in [0.5, 0.6) is 23.0 Å². The Balaban J connectivity index is 1.79. The molecule has 1 saturated heterocycles. The molecule has 0 atom stereocenters. The van der Waals surface area contributed by atoms with Gasteiger partial charge in [-0.25, -0.2) is 4.79 Å². The molecule has 0 amide bonds. The van der Waals surface area contributed by atoms with E-state index < -0.39 is 5.97 Å². The maximum Gasteiger partial charge on any atom is 0.340 e. The first-order valence-corrected chi connectivity index (χ1v) is 12.1. The van der Waals surface area contributed by atoms with Gasteiger partial charge in [-0.15, -0.1) is 0 Å². The molecule has 3 aromatic rings. The fraction of sp³-hybridized carbons (Fsp3) is 0.407. The van der Waals surface area contributed by atoms with Gasteiger partial charge in [-0.3, -0.25) is 9.88 Å². The van der Waals surface area contributed by atoms with Crippen molar-refractivity contribution in [1.29, 1.82) is 0 Å². The summed E-state index contributed by atoms with van der Waals surface area (Å²) in [5.74, 6) is 1.99. The molecular weight excluding hydrogens is 464 g/mol. The summed E-state index contributed by atoms with van der Waals surface area (Å²) in [6.07, 6.45) is 0. The van der Waals surface area contributed by atoms with Crippen molar-refractivity contribution in [1.82, 2.24) is 9.88 Å². The zero-order valence-electron chi connectivity index (χ0n) is 20.8. The molecule has 0 radical (unpaired) electrons. The molecule has 0 N–H and O–H groups in total. The van der Waals surface area contributed by atoms with Crippen molar-refractivity contribution in [3.63, 3.8) is 0 Å². The van der Waals surface area contributed by atoms with Gasteiger partial charge >= 0.3 is 5.97 Å². The van der Waals surface area contributed by atoms with Gasteiger partial charge in [-0.1, -0.05) is 6.07 Å². The minimum absolute atomic E-state index is 0.250. The van der Waals surface area contributed by atoms with Crippen LogP contribution in [0.4, 0.5) is 0 Å². The highest BCUT2D eigenvalue weighted by Gasteiger charge is 2.27. The standard InChI is InChI=1S/C27H30N2O7/c1-4-34-27(30)26-20(16-29-7-9-33-10-8-29)28-19-15-24-23(35-11-12-36-24)14-18(19)25(26)17-5-6-21(31-2)22(13-17)32-3/h5-6,13-15H,4,7-12,16H2,1-3H3. The molecule has 2 aliphatic heterocycles. The summed E-state index contributed by atoms with van der Waals surface area (Å²) in [6.45, 7) is 6.27. The molecule has 190 valence electrons. The molecule has 0 saturated carbocycles. The number of ether oxygens (including phenoxy) is 6. The molecule has 5 rings (SSSR count). The molecule has 2 aliphatic rings. The highest BCUT2D eigenvalue weighted by atomic mass is 16.6. The number of nitrogens with zero attached hydrogens (tertiary/aromatic N) is 2.